The Bertz CT molecular complexity index is 1380. The van der Waals surface area contributed by atoms with E-state index in [-0.39, 0.29) is 63.8 Å². The van der Waals surface area contributed by atoms with E-state index >= 15 is 0 Å². The number of methoxy groups -OCH3 is 2. The molecule has 0 aliphatic carbocycles. The number of nitrogens with one attached hydrogen (secondary N) is 6. The summed E-state index contributed by atoms with van der Waals surface area (Å²) in [6.45, 7) is 1.67. The van der Waals surface area contributed by atoms with Crippen molar-refractivity contribution in [1.82, 2.24) is 16.0 Å². The summed E-state index contributed by atoms with van der Waals surface area (Å²) < 4.78 is 9.48. The Kier molecular flexibility index (Phi) is 51.9. The number of halogens is 2. The molecule has 0 fully saturated rings. The van der Waals surface area contributed by atoms with E-state index in [4.69, 9.17) is 42.9 Å². The van der Waals surface area contributed by atoms with Crippen molar-refractivity contribution in [2.45, 2.75) is 164 Å². The van der Waals surface area contributed by atoms with Crippen LogP contribution in [0.25, 0.3) is 0 Å². The predicted molar refractivity (Wildman–Crippen MR) is 268 cm³/mol. The van der Waals surface area contributed by atoms with Crippen LogP contribution in [-0.2, 0) is 28.7 Å². The third kappa shape index (κ3) is 38.9. The first-order valence-corrected chi connectivity index (χ1v) is 22.8. The van der Waals surface area contributed by atoms with Crippen LogP contribution in [0.3, 0.4) is 0 Å². The van der Waals surface area contributed by atoms with E-state index in [9.17, 15) is 60.0 Å². The summed E-state index contributed by atoms with van der Waals surface area (Å²) in [7, 11) is 6.21. The van der Waals surface area contributed by atoms with Gasteiger partial charge in [0, 0.05) is 64.5 Å². The molecular weight excluding hydrogens is 951 g/mol. The van der Waals surface area contributed by atoms with Crippen LogP contribution in [0.2, 0.25) is 0 Å². The highest BCUT2D eigenvalue weighted by Crippen LogP contribution is 2.12. The van der Waals surface area contributed by atoms with Gasteiger partial charge >= 0.3 is 0 Å². The quantitative estimate of drug-likeness (QED) is 0.0191. The zero-order valence-electron chi connectivity index (χ0n) is 40.9. The van der Waals surface area contributed by atoms with E-state index in [0.29, 0.717) is 36.9 Å². The Hall–Kier alpha value is -3.50. The van der Waals surface area contributed by atoms with Crippen molar-refractivity contribution in [3.63, 3.8) is 0 Å². The number of aliphatic hydroxyl groups excluding tert-OH is 8. The number of carbonyl (C=O) groups excluding carboxylic acids is 4. The van der Waals surface area contributed by atoms with Gasteiger partial charge in [0.2, 0.25) is 0 Å². The smallest absolute Gasteiger partial charge is 0.251 e. The molecule has 0 aliphatic heterocycles. The summed E-state index contributed by atoms with van der Waals surface area (Å²) in [6.07, 6.45) is -2.40. The van der Waals surface area contributed by atoms with E-state index in [1.807, 2.05) is 7.05 Å². The van der Waals surface area contributed by atoms with Crippen molar-refractivity contribution in [3.8, 4) is 0 Å². The number of nitrogens with two attached hydrogens (primary N) is 3. The molecule has 0 heterocycles. The number of ether oxygens (including phenoxy) is 2. The maximum absolute atomic E-state index is 12.0. The molecule has 24 nitrogen and oxygen atoms in total. The Morgan fingerprint density at radius 2 is 0.928 bits per heavy atom. The maximum atomic E-state index is 12.0. The second-order valence-corrected chi connectivity index (χ2v) is 15.6. The maximum Gasteiger partial charge on any atom is 0.251 e. The molecule has 0 spiro atoms. The number of amides is 2. The summed E-state index contributed by atoms with van der Waals surface area (Å²) in [4.78, 5) is 50.3. The first-order valence-electron chi connectivity index (χ1n) is 22.8. The molecule has 0 bridgehead atoms. The van der Waals surface area contributed by atoms with E-state index in [1.165, 1.54) is 21.3 Å². The monoisotopic (exact) mass is 1040 g/mol. The number of rotatable bonds is 37. The molecule has 8 atom stereocenters. The topological polar surface area (TPSA) is 447 Å². The number of carbonyl (C=O) groups is 4. The third-order valence-electron chi connectivity index (χ3n) is 10.0. The molecule has 0 saturated heterocycles. The van der Waals surface area contributed by atoms with Crippen molar-refractivity contribution < 1.29 is 69.5 Å². The lowest BCUT2D eigenvalue weighted by Crippen LogP contribution is -2.53. The highest BCUT2D eigenvalue weighted by molar-refractivity contribution is 5.86. The van der Waals surface area contributed by atoms with Crippen LogP contribution < -0.4 is 33.2 Å². The highest BCUT2D eigenvalue weighted by Gasteiger charge is 2.38. The van der Waals surface area contributed by atoms with Crippen molar-refractivity contribution in [2.24, 2.45) is 22.2 Å². The lowest BCUT2D eigenvalue weighted by Gasteiger charge is -2.25. The average Bonchev–Trinajstić information content (AvgIpc) is 3.33. The van der Waals surface area contributed by atoms with Crippen LogP contribution in [0.1, 0.15) is 116 Å². The summed E-state index contributed by atoms with van der Waals surface area (Å²) in [5, 5.41) is 107. The molecule has 0 saturated carbocycles. The van der Waals surface area contributed by atoms with Gasteiger partial charge in [-0.05, 0) is 77.9 Å². The van der Waals surface area contributed by atoms with Gasteiger partial charge in [-0.25, -0.2) is 0 Å². The third-order valence-corrected chi connectivity index (χ3v) is 10.0. The lowest BCUT2D eigenvalue weighted by molar-refractivity contribution is -0.154. The summed E-state index contributed by atoms with van der Waals surface area (Å²) >= 11 is 0. The molecule has 0 rings (SSSR count). The molecule has 26 heteroatoms. The molecule has 0 aromatic rings. The molecule has 0 unspecified atom stereocenters. The first-order chi connectivity index (χ1) is 31.7. The minimum Gasteiger partial charge on any atom is -0.484 e. The second-order valence-electron chi connectivity index (χ2n) is 15.6. The Morgan fingerprint density at radius 1 is 0.522 bits per heavy atom. The standard InChI is InChI=1S/C22H43N5O6.C11H23N3O6.C10H20N2O2.2ClH/c1-25-13-7-10-15(23)9-5-3-4-6-12-17(24)27-14-8-11-16(28)18(29)19(30)20(31)21(32)22(33)26-2;12-3-1-2-6(15)7(16)8(17)9(18)10(19)11(20)14-5-4-13;1-13-9(11)7-5-3-4-6-8-10(12)14-2;;/h18-21,23,25,29-32H,3-14H2,1-2H3,(H2,24,27)(H,26,33);7-10,16-19H,1-5,12-13H2,(H,14,20);11-12H,3-8H2,1-2H3;2*1H/t18-,19+,20+,21-;7-,8+,9+,10-;;;/m00.../s1. The van der Waals surface area contributed by atoms with Crippen LogP contribution in [0.15, 0.2) is 4.99 Å². The fourth-order valence-electron chi connectivity index (χ4n) is 5.74. The van der Waals surface area contributed by atoms with Gasteiger partial charge in [0.25, 0.3) is 11.8 Å². The van der Waals surface area contributed by atoms with Crippen molar-refractivity contribution in [3.05, 3.63) is 0 Å². The van der Waals surface area contributed by atoms with Gasteiger partial charge in [0.15, 0.2) is 35.6 Å². The van der Waals surface area contributed by atoms with Crippen LogP contribution in [0, 0.1) is 16.2 Å². The van der Waals surface area contributed by atoms with Gasteiger partial charge in [-0.3, -0.25) is 35.0 Å². The minimum atomic E-state index is -2.00. The largest absolute Gasteiger partial charge is 0.484 e. The molecule has 69 heavy (non-hydrogen) atoms. The Balaban J connectivity index is -0.000000323. The Morgan fingerprint density at radius 3 is 1.35 bits per heavy atom. The van der Waals surface area contributed by atoms with Crippen LogP contribution in [0.4, 0.5) is 0 Å². The van der Waals surface area contributed by atoms with E-state index in [1.54, 1.807) is 0 Å². The fourth-order valence-corrected chi connectivity index (χ4v) is 5.74. The summed E-state index contributed by atoms with van der Waals surface area (Å²) in [5.74, 6) is -2.14. The number of ketones is 2. The minimum absolute atomic E-state index is 0. The van der Waals surface area contributed by atoms with Gasteiger partial charge in [-0.15, -0.1) is 24.8 Å². The average molecular weight is 1040 g/mol. The molecule has 2 amide bonds. The number of aliphatic hydroxyl groups is 8. The van der Waals surface area contributed by atoms with Gasteiger partial charge in [0.1, 0.15) is 36.6 Å². The molecule has 0 aromatic heterocycles. The van der Waals surface area contributed by atoms with Gasteiger partial charge < -0.3 is 88.9 Å². The van der Waals surface area contributed by atoms with Gasteiger partial charge in [0.05, 0.1) is 20.1 Å². The number of aliphatic imine (C=N–C) groups is 1. The van der Waals surface area contributed by atoms with E-state index in [2.05, 4.69) is 20.9 Å². The molecule has 20 N–H and O–H groups in total. The normalized spacial score (nSPS) is 14.3. The van der Waals surface area contributed by atoms with Crippen LogP contribution in [-0.4, -0.2) is 197 Å². The number of likely N-dealkylation sites (N-methyl/N-ethyl adjacent to an activating group) is 1. The molecule has 0 aliphatic rings. The van der Waals surface area contributed by atoms with Gasteiger partial charge in [-0.2, -0.15) is 0 Å². The SMILES string of the molecule is CNCCCC(=N)CCCCCCC(N)=NCCCC(=O)[C@H](O)[C@@H](O)[C@@H](O)[C@H](O)C(=O)NC.COC(=N)CCCCCCC(=N)OC.Cl.Cl.NCCCC(=O)[C@H](O)[C@@H](O)[C@@H](O)[C@H](O)C(=O)NCCN. The van der Waals surface area contributed by atoms with E-state index < -0.39 is 72.2 Å². The number of amidine groups is 1. The molecule has 0 aromatic carbocycles. The molecule has 0 radical (unpaired) electrons. The molecule has 408 valence electrons. The Labute approximate surface area is 419 Å². The van der Waals surface area contributed by atoms with Crippen molar-refractivity contribution >= 4 is 71.5 Å². The zero-order chi connectivity index (χ0) is 51.7. The van der Waals surface area contributed by atoms with E-state index in [0.717, 1.165) is 95.7 Å². The van der Waals surface area contributed by atoms with Crippen LogP contribution >= 0.6 is 24.8 Å². The number of hydrogen-bond donors (Lipinski definition) is 17. The second kappa shape index (κ2) is 48.1. The summed E-state index contributed by atoms with van der Waals surface area (Å²) in [5.41, 5.74) is 17.0. The summed E-state index contributed by atoms with van der Waals surface area (Å²) in [6, 6.07) is 0. The van der Waals surface area contributed by atoms with Crippen molar-refractivity contribution in [2.75, 3.05) is 61.0 Å². The number of hydrogen-bond acceptors (Lipinski definition) is 21. The highest BCUT2D eigenvalue weighted by atomic mass is 35.5. The predicted octanol–water partition coefficient (Wildman–Crippen LogP) is -1.53. The first kappa shape index (κ1) is 74.4. The lowest BCUT2D eigenvalue weighted by atomic mass is 9.97. The van der Waals surface area contributed by atoms with Gasteiger partial charge in [-0.1, -0.05) is 25.7 Å². The fraction of sp³-hybridized carbons (Fsp3) is 0.814. The number of Topliss-reactive ketones (excluding diaryl/α,β-unsaturated/α-hetero) is 2. The number of nitrogens with zero attached hydrogens (tertiary/aromatic N) is 1. The van der Waals surface area contributed by atoms with Crippen LogP contribution in [0.5, 0.6) is 0 Å². The van der Waals surface area contributed by atoms with Crippen molar-refractivity contribution in [1.29, 1.82) is 16.2 Å². The number of unbranched alkanes of at least 4 members (excludes halogenated alkanes) is 6. The molecular formula is C43H88Cl2N10O14. The zero-order valence-corrected chi connectivity index (χ0v) is 42.5.